The van der Waals surface area contributed by atoms with Gasteiger partial charge in [0.05, 0.1) is 6.42 Å². The lowest BCUT2D eigenvalue weighted by Crippen LogP contribution is -2.37. The second kappa shape index (κ2) is 6.17. The van der Waals surface area contributed by atoms with E-state index in [0.717, 1.165) is 29.5 Å². The molecule has 0 spiro atoms. The summed E-state index contributed by atoms with van der Waals surface area (Å²) in [5.41, 5.74) is 1.03. The molecule has 0 aliphatic carbocycles. The highest BCUT2D eigenvalue weighted by Crippen LogP contribution is 2.16. The van der Waals surface area contributed by atoms with Gasteiger partial charge in [-0.2, -0.15) is 0 Å². The molecule has 0 radical (unpaired) electrons. The van der Waals surface area contributed by atoms with Crippen LogP contribution in [-0.2, 0) is 11.2 Å². The number of halogens is 1. The third-order valence-electron chi connectivity index (χ3n) is 3.02. The SMILES string of the molecule is O=C(Cc1ccccc1Br)NC[C@@H]1CCCN1. The van der Waals surface area contributed by atoms with Gasteiger partial charge >= 0.3 is 0 Å². The molecule has 3 nitrogen and oxygen atoms in total. The van der Waals surface area contributed by atoms with Gasteiger partial charge in [0.1, 0.15) is 0 Å². The fourth-order valence-electron chi connectivity index (χ4n) is 2.05. The minimum atomic E-state index is 0.0885. The normalized spacial score (nSPS) is 19.2. The molecule has 1 heterocycles. The molecule has 0 saturated carbocycles. The van der Waals surface area contributed by atoms with Crippen molar-refractivity contribution in [2.45, 2.75) is 25.3 Å². The first-order valence-electron chi connectivity index (χ1n) is 5.99. The first-order valence-corrected chi connectivity index (χ1v) is 6.78. The second-order valence-corrected chi connectivity index (χ2v) is 5.22. The van der Waals surface area contributed by atoms with E-state index in [2.05, 4.69) is 26.6 Å². The maximum Gasteiger partial charge on any atom is 0.224 e. The van der Waals surface area contributed by atoms with Gasteiger partial charge in [0, 0.05) is 17.1 Å². The summed E-state index contributed by atoms with van der Waals surface area (Å²) < 4.78 is 0.995. The monoisotopic (exact) mass is 296 g/mol. The summed E-state index contributed by atoms with van der Waals surface area (Å²) in [5.74, 6) is 0.0885. The topological polar surface area (TPSA) is 41.1 Å². The molecule has 0 bridgehead atoms. The highest BCUT2D eigenvalue weighted by Gasteiger charge is 2.14. The molecule has 2 rings (SSSR count). The van der Waals surface area contributed by atoms with Crippen LogP contribution in [-0.4, -0.2) is 25.0 Å². The van der Waals surface area contributed by atoms with Gasteiger partial charge in [-0.1, -0.05) is 34.1 Å². The van der Waals surface area contributed by atoms with Crippen molar-refractivity contribution in [2.24, 2.45) is 0 Å². The third-order valence-corrected chi connectivity index (χ3v) is 3.79. The maximum atomic E-state index is 11.8. The number of hydrogen-bond acceptors (Lipinski definition) is 2. The lowest BCUT2D eigenvalue weighted by atomic mass is 10.1. The van der Waals surface area contributed by atoms with Crippen LogP contribution in [0.25, 0.3) is 0 Å². The van der Waals surface area contributed by atoms with E-state index in [4.69, 9.17) is 0 Å². The van der Waals surface area contributed by atoms with E-state index < -0.39 is 0 Å². The standard InChI is InChI=1S/C13H17BrN2O/c14-12-6-2-1-4-10(12)8-13(17)16-9-11-5-3-7-15-11/h1-2,4,6,11,15H,3,5,7-9H2,(H,16,17)/t11-/m0/s1. The Bertz CT molecular complexity index is 389. The van der Waals surface area contributed by atoms with Crippen LogP contribution in [0.2, 0.25) is 0 Å². The van der Waals surface area contributed by atoms with Crippen molar-refractivity contribution >= 4 is 21.8 Å². The van der Waals surface area contributed by atoms with Crippen molar-refractivity contribution < 1.29 is 4.79 Å². The van der Waals surface area contributed by atoms with Crippen molar-refractivity contribution in [3.63, 3.8) is 0 Å². The van der Waals surface area contributed by atoms with Crippen molar-refractivity contribution in [1.29, 1.82) is 0 Å². The number of benzene rings is 1. The molecule has 1 fully saturated rings. The van der Waals surface area contributed by atoms with E-state index in [1.807, 2.05) is 24.3 Å². The molecule has 0 unspecified atom stereocenters. The van der Waals surface area contributed by atoms with Crippen LogP contribution in [0.1, 0.15) is 18.4 Å². The lowest BCUT2D eigenvalue weighted by Gasteiger charge is -2.11. The number of carbonyl (C=O) groups excluding carboxylic acids is 1. The molecular formula is C13H17BrN2O. The molecule has 92 valence electrons. The predicted molar refractivity (Wildman–Crippen MR) is 71.9 cm³/mol. The predicted octanol–water partition coefficient (Wildman–Crippen LogP) is 1.86. The molecule has 4 heteroatoms. The number of rotatable bonds is 4. The number of amides is 1. The van der Waals surface area contributed by atoms with E-state index in [-0.39, 0.29) is 5.91 Å². The quantitative estimate of drug-likeness (QED) is 0.890. The molecule has 2 N–H and O–H groups in total. The van der Waals surface area contributed by atoms with Gasteiger partial charge in [-0.15, -0.1) is 0 Å². The molecule has 1 aliphatic rings. The summed E-state index contributed by atoms with van der Waals surface area (Å²) >= 11 is 3.45. The highest BCUT2D eigenvalue weighted by molar-refractivity contribution is 9.10. The average molecular weight is 297 g/mol. The highest BCUT2D eigenvalue weighted by atomic mass is 79.9. The van der Waals surface area contributed by atoms with Gasteiger partial charge in [-0.3, -0.25) is 4.79 Å². The molecule has 1 atom stereocenters. The van der Waals surface area contributed by atoms with Crippen LogP contribution in [0.5, 0.6) is 0 Å². The van der Waals surface area contributed by atoms with Crippen LogP contribution in [0, 0.1) is 0 Å². The fourth-order valence-corrected chi connectivity index (χ4v) is 2.47. The van der Waals surface area contributed by atoms with E-state index in [1.165, 1.54) is 6.42 Å². The zero-order valence-corrected chi connectivity index (χ0v) is 11.3. The largest absolute Gasteiger partial charge is 0.354 e. The van der Waals surface area contributed by atoms with Gasteiger partial charge in [0.15, 0.2) is 0 Å². The van der Waals surface area contributed by atoms with Gasteiger partial charge in [0.25, 0.3) is 0 Å². The van der Waals surface area contributed by atoms with Crippen LogP contribution in [0.4, 0.5) is 0 Å². The van der Waals surface area contributed by atoms with Crippen molar-refractivity contribution in [2.75, 3.05) is 13.1 Å². The molecule has 1 aromatic carbocycles. The van der Waals surface area contributed by atoms with E-state index in [0.29, 0.717) is 12.5 Å². The van der Waals surface area contributed by atoms with Crippen LogP contribution >= 0.6 is 15.9 Å². The molecule has 1 aliphatic heterocycles. The second-order valence-electron chi connectivity index (χ2n) is 4.37. The minimum absolute atomic E-state index is 0.0885. The first-order chi connectivity index (χ1) is 8.25. The van der Waals surface area contributed by atoms with E-state index in [1.54, 1.807) is 0 Å². The summed E-state index contributed by atoms with van der Waals surface area (Å²) in [4.78, 5) is 11.8. The summed E-state index contributed by atoms with van der Waals surface area (Å²) in [6.07, 6.45) is 2.81. The Morgan fingerprint density at radius 3 is 3.00 bits per heavy atom. The van der Waals surface area contributed by atoms with Gasteiger partial charge in [0.2, 0.25) is 5.91 Å². The Balaban J connectivity index is 1.79. The third kappa shape index (κ3) is 3.82. The van der Waals surface area contributed by atoms with Crippen molar-refractivity contribution in [3.05, 3.63) is 34.3 Å². The van der Waals surface area contributed by atoms with Gasteiger partial charge in [-0.25, -0.2) is 0 Å². The Morgan fingerprint density at radius 2 is 2.29 bits per heavy atom. The summed E-state index contributed by atoms with van der Waals surface area (Å²) in [6, 6.07) is 8.29. The summed E-state index contributed by atoms with van der Waals surface area (Å²) in [7, 11) is 0. The Morgan fingerprint density at radius 1 is 1.47 bits per heavy atom. The maximum absolute atomic E-state index is 11.8. The van der Waals surface area contributed by atoms with Crippen LogP contribution in [0.15, 0.2) is 28.7 Å². The molecule has 0 aromatic heterocycles. The number of hydrogen-bond donors (Lipinski definition) is 2. The Labute approximate surface area is 110 Å². The minimum Gasteiger partial charge on any atom is -0.354 e. The summed E-state index contributed by atoms with van der Waals surface area (Å²) in [6.45, 7) is 1.81. The fraction of sp³-hybridized carbons (Fsp3) is 0.462. The molecule has 17 heavy (non-hydrogen) atoms. The van der Waals surface area contributed by atoms with E-state index in [9.17, 15) is 4.79 Å². The molecule has 1 aromatic rings. The van der Waals surface area contributed by atoms with Crippen molar-refractivity contribution in [3.8, 4) is 0 Å². The van der Waals surface area contributed by atoms with Crippen LogP contribution in [0.3, 0.4) is 0 Å². The smallest absolute Gasteiger partial charge is 0.224 e. The average Bonchev–Trinajstić information content (AvgIpc) is 2.82. The van der Waals surface area contributed by atoms with Gasteiger partial charge < -0.3 is 10.6 Å². The molecular weight excluding hydrogens is 280 g/mol. The van der Waals surface area contributed by atoms with E-state index >= 15 is 0 Å². The van der Waals surface area contributed by atoms with Gasteiger partial charge in [-0.05, 0) is 31.0 Å². The number of carbonyl (C=O) groups is 1. The number of nitrogens with one attached hydrogen (secondary N) is 2. The molecule has 1 saturated heterocycles. The van der Waals surface area contributed by atoms with Crippen LogP contribution < -0.4 is 10.6 Å². The zero-order valence-electron chi connectivity index (χ0n) is 9.71. The first kappa shape index (κ1) is 12.6. The van der Waals surface area contributed by atoms with Crippen molar-refractivity contribution in [1.82, 2.24) is 10.6 Å². The molecule has 1 amide bonds. The summed E-state index contributed by atoms with van der Waals surface area (Å²) in [5, 5.41) is 6.34. The Kier molecular flexibility index (Phi) is 4.57. The lowest BCUT2D eigenvalue weighted by molar-refractivity contribution is -0.120. The zero-order chi connectivity index (χ0) is 12.1. The Hall–Kier alpha value is -0.870.